The first kappa shape index (κ1) is 14.5. The van der Waals surface area contributed by atoms with Gasteiger partial charge in [0.25, 0.3) is 5.91 Å². The molecule has 0 spiro atoms. The van der Waals surface area contributed by atoms with Crippen LogP contribution in [0.25, 0.3) is 0 Å². The fourth-order valence-corrected chi connectivity index (χ4v) is 2.34. The minimum Gasteiger partial charge on any atom is -0.340 e. The van der Waals surface area contributed by atoms with Crippen LogP contribution < -0.4 is 5.32 Å². The number of aryl methyl sites for hydroxylation is 1. The van der Waals surface area contributed by atoms with Crippen LogP contribution in [0.3, 0.4) is 0 Å². The van der Waals surface area contributed by atoms with Gasteiger partial charge in [0.05, 0.1) is 10.7 Å². The van der Waals surface area contributed by atoms with Gasteiger partial charge < -0.3 is 10.3 Å². The maximum Gasteiger partial charge on any atom is 0.272 e. The van der Waals surface area contributed by atoms with E-state index in [4.69, 9.17) is 46.4 Å². The molecule has 2 heterocycles. The fraction of sp³-hybridized carbons (Fsp3) is 0.0909. The van der Waals surface area contributed by atoms with Gasteiger partial charge in [-0.3, -0.25) is 4.79 Å². The van der Waals surface area contributed by atoms with Gasteiger partial charge in [-0.15, -0.1) is 0 Å². The van der Waals surface area contributed by atoms with E-state index < -0.39 is 5.91 Å². The summed E-state index contributed by atoms with van der Waals surface area (Å²) in [4.78, 5) is 18.5. The second-order valence-corrected chi connectivity index (χ2v) is 5.26. The number of anilines is 1. The van der Waals surface area contributed by atoms with Gasteiger partial charge in [-0.05, 0) is 24.6 Å². The van der Waals surface area contributed by atoms with Crippen molar-refractivity contribution in [2.24, 2.45) is 0 Å². The first-order valence-electron chi connectivity index (χ1n) is 5.06. The van der Waals surface area contributed by atoms with Crippen LogP contribution in [0.2, 0.25) is 20.5 Å². The summed E-state index contributed by atoms with van der Waals surface area (Å²) in [5, 5.41) is 3.46. The Hall–Kier alpha value is -0.940. The zero-order chi connectivity index (χ0) is 14.2. The molecule has 2 aromatic heterocycles. The number of nitrogens with one attached hydrogen (secondary N) is 2. The molecule has 0 aromatic carbocycles. The number of nitrogens with zero attached hydrogens (tertiary/aromatic N) is 1. The third-order valence-electron chi connectivity index (χ3n) is 2.35. The lowest BCUT2D eigenvalue weighted by molar-refractivity contribution is 0.102. The van der Waals surface area contributed by atoms with Crippen molar-refractivity contribution < 1.29 is 4.79 Å². The maximum absolute atomic E-state index is 12.0. The van der Waals surface area contributed by atoms with E-state index in [-0.39, 0.29) is 26.2 Å². The van der Waals surface area contributed by atoms with E-state index in [0.29, 0.717) is 11.3 Å². The molecule has 0 saturated carbocycles. The SMILES string of the molecule is Cc1cc(Cl)nc(Cl)c1NC(=O)c1cc(Cl)c(Cl)[nH]1. The molecule has 100 valence electrons. The van der Waals surface area contributed by atoms with Gasteiger partial charge in [-0.1, -0.05) is 46.4 Å². The largest absolute Gasteiger partial charge is 0.340 e. The number of carbonyl (C=O) groups excluding carboxylic acids is 1. The van der Waals surface area contributed by atoms with Crippen LogP contribution in [0, 0.1) is 6.92 Å². The molecule has 2 N–H and O–H groups in total. The van der Waals surface area contributed by atoms with Crippen molar-refractivity contribution in [2.45, 2.75) is 6.92 Å². The molecule has 0 fully saturated rings. The highest BCUT2D eigenvalue weighted by molar-refractivity contribution is 6.42. The Labute approximate surface area is 129 Å². The Bertz CT molecular complexity index is 611. The fourth-order valence-electron chi connectivity index (χ4n) is 1.45. The number of hydrogen-bond acceptors (Lipinski definition) is 2. The minimum atomic E-state index is -0.428. The van der Waals surface area contributed by atoms with Gasteiger partial charge in [0.1, 0.15) is 16.0 Å². The lowest BCUT2D eigenvalue weighted by Gasteiger charge is -2.09. The van der Waals surface area contributed by atoms with Crippen molar-refractivity contribution in [3.8, 4) is 0 Å². The van der Waals surface area contributed by atoms with Gasteiger partial charge in [0.2, 0.25) is 0 Å². The van der Waals surface area contributed by atoms with Crippen LogP contribution in [0.1, 0.15) is 16.1 Å². The molecule has 8 heteroatoms. The van der Waals surface area contributed by atoms with E-state index in [1.165, 1.54) is 6.07 Å². The van der Waals surface area contributed by atoms with Crippen LogP contribution in [-0.4, -0.2) is 15.9 Å². The molecule has 0 saturated heterocycles. The number of halogens is 4. The number of amides is 1. The van der Waals surface area contributed by atoms with Crippen molar-refractivity contribution in [1.29, 1.82) is 0 Å². The predicted molar refractivity (Wildman–Crippen MR) is 77.8 cm³/mol. The third kappa shape index (κ3) is 3.15. The molecule has 19 heavy (non-hydrogen) atoms. The van der Waals surface area contributed by atoms with Gasteiger partial charge in [-0.2, -0.15) is 0 Å². The molecule has 0 radical (unpaired) electrons. The van der Waals surface area contributed by atoms with Gasteiger partial charge in [-0.25, -0.2) is 4.98 Å². The van der Waals surface area contributed by atoms with Crippen molar-refractivity contribution in [2.75, 3.05) is 5.32 Å². The second kappa shape index (κ2) is 5.59. The quantitative estimate of drug-likeness (QED) is 0.787. The number of hydrogen-bond donors (Lipinski definition) is 2. The summed E-state index contributed by atoms with van der Waals surface area (Å²) in [5.74, 6) is -0.428. The van der Waals surface area contributed by atoms with Crippen LogP contribution in [0.4, 0.5) is 5.69 Å². The number of H-pyrrole nitrogens is 1. The normalized spacial score (nSPS) is 10.6. The van der Waals surface area contributed by atoms with Crippen LogP contribution in [0.5, 0.6) is 0 Å². The highest BCUT2D eigenvalue weighted by Crippen LogP contribution is 2.28. The van der Waals surface area contributed by atoms with Gasteiger partial charge in [0, 0.05) is 0 Å². The van der Waals surface area contributed by atoms with E-state index in [2.05, 4.69) is 15.3 Å². The monoisotopic (exact) mass is 337 g/mol. The first-order valence-corrected chi connectivity index (χ1v) is 6.57. The summed E-state index contributed by atoms with van der Waals surface area (Å²) in [6.07, 6.45) is 0. The lowest BCUT2D eigenvalue weighted by Crippen LogP contribution is -2.14. The van der Waals surface area contributed by atoms with Gasteiger partial charge in [0.15, 0.2) is 5.15 Å². The summed E-state index contributed by atoms with van der Waals surface area (Å²) in [6.45, 7) is 1.75. The Morgan fingerprint density at radius 3 is 2.47 bits per heavy atom. The van der Waals surface area contributed by atoms with Crippen molar-refractivity contribution in [1.82, 2.24) is 9.97 Å². The van der Waals surface area contributed by atoms with E-state index in [1.54, 1.807) is 13.0 Å². The molecular weight excluding hydrogens is 332 g/mol. The summed E-state index contributed by atoms with van der Waals surface area (Å²) < 4.78 is 0. The lowest BCUT2D eigenvalue weighted by atomic mass is 10.2. The second-order valence-electron chi connectivity index (χ2n) is 3.73. The topological polar surface area (TPSA) is 57.8 Å². The Morgan fingerprint density at radius 2 is 1.95 bits per heavy atom. The molecule has 0 bridgehead atoms. The maximum atomic E-state index is 12.0. The molecule has 0 aliphatic rings. The Balaban J connectivity index is 2.29. The van der Waals surface area contributed by atoms with Crippen LogP contribution in [0.15, 0.2) is 12.1 Å². The van der Waals surface area contributed by atoms with Gasteiger partial charge >= 0.3 is 0 Å². The Kier molecular flexibility index (Phi) is 4.26. The number of aromatic amines is 1. The molecule has 0 aliphatic heterocycles. The Morgan fingerprint density at radius 1 is 1.26 bits per heavy atom. The standard InChI is InChI=1S/C11H7Cl4N3O/c1-4-2-7(13)17-10(15)8(4)18-11(19)6-3-5(12)9(14)16-6/h2-3,16H,1H3,(H,18,19). The zero-order valence-electron chi connectivity index (χ0n) is 9.52. The molecule has 2 aromatic rings. The molecule has 4 nitrogen and oxygen atoms in total. The highest BCUT2D eigenvalue weighted by atomic mass is 35.5. The zero-order valence-corrected chi connectivity index (χ0v) is 12.5. The average molecular weight is 339 g/mol. The van der Waals surface area contributed by atoms with E-state index in [0.717, 1.165) is 0 Å². The first-order chi connectivity index (χ1) is 8.88. The third-order valence-corrected chi connectivity index (χ3v) is 3.51. The number of pyridine rings is 1. The molecule has 1 amide bonds. The van der Waals surface area contributed by atoms with Crippen LogP contribution in [-0.2, 0) is 0 Å². The van der Waals surface area contributed by atoms with Crippen LogP contribution >= 0.6 is 46.4 Å². The summed E-state index contributed by atoms with van der Waals surface area (Å²) in [6, 6.07) is 3.02. The molecular formula is C11H7Cl4N3O. The highest BCUT2D eigenvalue weighted by Gasteiger charge is 2.15. The summed E-state index contributed by atoms with van der Waals surface area (Å²) in [7, 11) is 0. The molecule has 0 atom stereocenters. The van der Waals surface area contributed by atoms with E-state index in [9.17, 15) is 4.79 Å². The number of rotatable bonds is 2. The minimum absolute atomic E-state index is 0.113. The average Bonchev–Trinajstić information content (AvgIpc) is 2.64. The molecule has 0 aliphatic carbocycles. The summed E-state index contributed by atoms with van der Waals surface area (Å²) >= 11 is 23.2. The van der Waals surface area contributed by atoms with Crippen molar-refractivity contribution >= 4 is 58.0 Å². The molecule has 2 rings (SSSR count). The van der Waals surface area contributed by atoms with Crippen molar-refractivity contribution in [3.63, 3.8) is 0 Å². The molecule has 0 unspecified atom stereocenters. The van der Waals surface area contributed by atoms with Crippen molar-refractivity contribution in [3.05, 3.63) is 43.9 Å². The summed E-state index contributed by atoms with van der Waals surface area (Å²) in [5.41, 5.74) is 1.31. The number of carbonyl (C=O) groups is 1. The van der Waals surface area contributed by atoms with E-state index in [1.807, 2.05) is 0 Å². The predicted octanol–water partition coefficient (Wildman–Crippen LogP) is 4.58. The smallest absolute Gasteiger partial charge is 0.272 e. The number of aromatic nitrogens is 2. The van der Waals surface area contributed by atoms with E-state index >= 15 is 0 Å².